The molecule has 2 aliphatic rings. The summed E-state index contributed by atoms with van der Waals surface area (Å²) in [6.07, 6.45) is 3.14. The number of aryl methyl sites for hydroxylation is 1. The summed E-state index contributed by atoms with van der Waals surface area (Å²) in [4.78, 5) is 29.0. The molecule has 1 N–H and O–H groups in total. The molecule has 2 aromatic heterocycles. The van der Waals surface area contributed by atoms with Gasteiger partial charge >= 0.3 is 12.1 Å². The number of nitrogens with zero attached hydrogens (tertiary/aromatic N) is 5. The smallest absolute Gasteiger partial charge is 0.409 e. The Morgan fingerprint density at radius 3 is 2.74 bits per heavy atom. The van der Waals surface area contributed by atoms with Gasteiger partial charge in [-0.2, -0.15) is 0 Å². The summed E-state index contributed by atoms with van der Waals surface area (Å²) in [6.45, 7) is -0.221. The Morgan fingerprint density at radius 2 is 2.09 bits per heavy atom. The van der Waals surface area contributed by atoms with Crippen molar-refractivity contribution in [2.24, 2.45) is 18.9 Å². The molecule has 2 aliphatic carbocycles. The van der Waals surface area contributed by atoms with Gasteiger partial charge in [-0.1, -0.05) is 5.21 Å². The third-order valence-electron chi connectivity index (χ3n) is 6.29. The highest BCUT2D eigenvalue weighted by molar-refractivity contribution is 5.70. The second-order valence-electron chi connectivity index (χ2n) is 8.93. The van der Waals surface area contributed by atoms with Crippen molar-refractivity contribution < 1.29 is 33.0 Å². The van der Waals surface area contributed by atoms with Crippen LogP contribution in [0, 0.1) is 11.8 Å². The summed E-state index contributed by atoms with van der Waals surface area (Å²) in [7, 11) is 3.07. The van der Waals surface area contributed by atoms with Crippen LogP contribution in [0.2, 0.25) is 0 Å². The summed E-state index contributed by atoms with van der Waals surface area (Å²) >= 11 is 0. The molecule has 3 atom stereocenters. The van der Waals surface area contributed by atoms with Crippen LogP contribution in [0.1, 0.15) is 37.8 Å². The molecule has 0 saturated heterocycles. The molecule has 2 aromatic rings. The summed E-state index contributed by atoms with van der Waals surface area (Å²) in [5.41, 5.74) is 1.41. The van der Waals surface area contributed by atoms with Crippen molar-refractivity contribution in [3.63, 3.8) is 0 Å². The number of amides is 1. The average molecular weight is 479 g/mol. The van der Waals surface area contributed by atoms with Crippen LogP contribution in [0.5, 0.6) is 5.75 Å². The molecule has 0 bridgehead atoms. The summed E-state index contributed by atoms with van der Waals surface area (Å²) in [5.74, 6) is -4.20. The maximum atomic E-state index is 13.1. The van der Waals surface area contributed by atoms with Crippen molar-refractivity contribution in [1.82, 2.24) is 24.9 Å². The highest BCUT2D eigenvalue weighted by Crippen LogP contribution is 2.48. The lowest BCUT2D eigenvalue weighted by Crippen LogP contribution is -2.30. The zero-order valence-electron chi connectivity index (χ0n) is 19.0. The Morgan fingerprint density at radius 1 is 1.32 bits per heavy atom. The van der Waals surface area contributed by atoms with Gasteiger partial charge in [-0.05, 0) is 37.8 Å². The van der Waals surface area contributed by atoms with E-state index in [1.807, 2.05) is 0 Å². The third-order valence-corrected chi connectivity index (χ3v) is 6.29. The van der Waals surface area contributed by atoms with Crippen molar-refractivity contribution in [3.8, 4) is 17.1 Å². The largest absolute Gasteiger partial charge is 0.489 e. The number of halogens is 2. The van der Waals surface area contributed by atoms with E-state index in [-0.39, 0.29) is 25.7 Å². The minimum absolute atomic E-state index is 0.0699. The molecule has 1 amide bonds. The highest BCUT2D eigenvalue weighted by atomic mass is 19.3. The van der Waals surface area contributed by atoms with E-state index in [1.165, 1.54) is 17.9 Å². The van der Waals surface area contributed by atoms with Gasteiger partial charge in [0.1, 0.15) is 23.7 Å². The molecule has 0 spiro atoms. The number of hydrogen-bond acceptors (Lipinski definition) is 7. The van der Waals surface area contributed by atoms with Crippen LogP contribution >= 0.6 is 0 Å². The first-order valence-electron chi connectivity index (χ1n) is 11.1. The van der Waals surface area contributed by atoms with E-state index in [9.17, 15) is 23.5 Å². The fourth-order valence-corrected chi connectivity index (χ4v) is 4.11. The van der Waals surface area contributed by atoms with Gasteiger partial charge in [0.05, 0.1) is 23.9 Å². The van der Waals surface area contributed by atoms with Gasteiger partial charge in [0.2, 0.25) is 0 Å². The second-order valence-corrected chi connectivity index (χ2v) is 8.93. The SMILES string of the molecule is CN(CC1CC1(F)F)C(=O)OCc1c(-c2ccc(O[C@H]3CCC[C@H](C(=O)O)C3)cn2)nnn1C. The Balaban J connectivity index is 1.35. The molecular formula is C22H27F2N5O5. The van der Waals surface area contributed by atoms with Crippen LogP contribution in [0.25, 0.3) is 11.4 Å². The molecule has 1 unspecified atom stereocenters. The van der Waals surface area contributed by atoms with Crippen molar-refractivity contribution in [3.05, 3.63) is 24.0 Å². The van der Waals surface area contributed by atoms with E-state index in [0.717, 1.165) is 17.7 Å². The predicted octanol–water partition coefficient (Wildman–Crippen LogP) is 3.12. The Bertz CT molecular complexity index is 1040. The first kappa shape index (κ1) is 23.8. The van der Waals surface area contributed by atoms with Crippen molar-refractivity contribution in [1.29, 1.82) is 0 Å². The monoisotopic (exact) mass is 479 g/mol. The topological polar surface area (TPSA) is 120 Å². The number of ether oxygens (including phenoxy) is 2. The lowest BCUT2D eigenvalue weighted by molar-refractivity contribution is -0.143. The summed E-state index contributed by atoms with van der Waals surface area (Å²) in [6, 6.07) is 3.42. The molecule has 12 heteroatoms. The normalized spacial score (nSPS) is 23.2. The number of aliphatic carboxylic acids is 1. The van der Waals surface area contributed by atoms with Crippen LogP contribution in [0.15, 0.2) is 18.3 Å². The number of carboxylic acids is 1. The Labute approximate surface area is 194 Å². The third kappa shape index (κ3) is 5.42. The van der Waals surface area contributed by atoms with Crippen molar-refractivity contribution >= 4 is 12.1 Å². The van der Waals surface area contributed by atoms with Crippen LogP contribution in [0.3, 0.4) is 0 Å². The second kappa shape index (κ2) is 9.51. The molecule has 4 rings (SSSR count). The molecule has 184 valence electrons. The van der Waals surface area contributed by atoms with E-state index in [4.69, 9.17) is 9.47 Å². The average Bonchev–Trinajstić information content (AvgIpc) is 3.23. The first-order valence-corrected chi connectivity index (χ1v) is 11.1. The maximum Gasteiger partial charge on any atom is 0.409 e. The summed E-state index contributed by atoms with van der Waals surface area (Å²) in [5, 5.41) is 17.3. The van der Waals surface area contributed by atoms with Gasteiger partial charge in [-0.25, -0.2) is 18.3 Å². The van der Waals surface area contributed by atoms with Gasteiger partial charge in [0.15, 0.2) is 0 Å². The number of pyridine rings is 1. The van der Waals surface area contributed by atoms with Crippen LogP contribution in [-0.2, 0) is 23.2 Å². The van der Waals surface area contributed by atoms with Crippen molar-refractivity contribution in [2.45, 2.75) is 50.7 Å². The Hall–Kier alpha value is -3.31. The lowest BCUT2D eigenvalue weighted by Gasteiger charge is -2.27. The number of alkyl halides is 2. The molecule has 34 heavy (non-hydrogen) atoms. The number of aromatic nitrogens is 4. The van der Waals surface area contributed by atoms with Gasteiger partial charge < -0.3 is 19.5 Å². The van der Waals surface area contributed by atoms with E-state index >= 15 is 0 Å². The van der Waals surface area contributed by atoms with E-state index in [0.29, 0.717) is 35.7 Å². The molecule has 2 saturated carbocycles. The number of carboxylic acid groups (broad SMARTS) is 1. The minimum atomic E-state index is -2.70. The van der Waals surface area contributed by atoms with Gasteiger partial charge in [0, 0.05) is 33.0 Å². The maximum absolute atomic E-state index is 13.1. The van der Waals surface area contributed by atoms with Gasteiger partial charge in [-0.15, -0.1) is 5.10 Å². The van der Waals surface area contributed by atoms with E-state index in [2.05, 4.69) is 15.3 Å². The zero-order chi connectivity index (χ0) is 24.5. The molecule has 2 fully saturated rings. The van der Waals surface area contributed by atoms with Gasteiger partial charge in [0.25, 0.3) is 5.92 Å². The molecule has 0 aliphatic heterocycles. The minimum Gasteiger partial charge on any atom is -0.489 e. The Kier molecular flexibility index (Phi) is 6.67. The van der Waals surface area contributed by atoms with E-state index in [1.54, 1.807) is 19.2 Å². The fourth-order valence-electron chi connectivity index (χ4n) is 4.11. The molecule has 10 nitrogen and oxygen atoms in total. The molecular weight excluding hydrogens is 452 g/mol. The molecule has 2 heterocycles. The van der Waals surface area contributed by atoms with Crippen LogP contribution in [0.4, 0.5) is 13.6 Å². The van der Waals surface area contributed by atoms with E-state index < -0.39 is 29.8 Å². The number of carbonyl (C=O) groups excluding carboxylic acids is 1. The molecule has 0 radical (unpaired) electrons. The molecule has 0 aromatic carbocycles. The van der Waals surface area contributed by atoms with Crippen LogP contribution < -0.4 is 4.74 Å². The lowest BCUT2D eigenvalue weighted by atomic mass is 9.87. The summed E-state index contributed by atoms with van der Waals surface area (Å²) < 4.78 is 38.8. The first-order chi connectivity index (χ1) is 16.1. The van der Waals surface area contributed by atoms with Crippen LogP contribution in [-0.4, -0.2) is 67.7 Å². The van der Waals surface area contributed by atoms with Crippen molar-refractivity contribution in [2.75, 3.05) is 13.6 Å². The zero-order valence-corrected chi connectivity index (χ0v) is 19.0. The van der Waals surface area contributed by atoms with Gasteiger partial charge in [-0.3, -0.25) is 9.78 Å². The standard InChI is InChI=1S/C22H27F2N5O5/c1-28(11-14-9-22(14,23)24)21(32)33-12-18-19(26-27-29(18)2)17-7-6-16(10-25-17)34-15-5-3-4-13(8-15)20(30)31/h6-7,10,13-15H,3-5,8-9,11-12H2,1-2H3,(H,30,31)/t13-,14?,15-/m0/s1. The highest BCUT2D eigenvalue weighted by Gasteiger charge is 2.57. The number of hydrogen-bond donors (Lipinski definition) is 1. The number of carbonyl (C=O) groups is 2. The quantitative estimate of drug-likeness (QED) is 0.613. The number of rotatable bonds is 8. The predicted molar refractivity (Wildman–Crippen MR) is 114 cm³/mol. The fraction of sp³-hybridized carbons (Fsp3) is 0.591.